The standard InChI is InChI=1S/C67H131NO5/c1-3-5-7-9-11-13-15-17-19-21-22-23-24-25-26-27-28-29-31-35-39-43-47-51-55-59-65(70)64(63-69)68-66(71)60-56-52-48-44-40-36-32-30-34-38-42-46-50-54-58-62-73-67(72)61-57-53-49-45-41-37-33-20-18-16-14-12-10-8-6-4-2/h34,38,64-65,69-70H,3-33,35-37,39-63H2,1-2H3,(H,68,71)/b38-34-. The number of hydrogen-bond donors (Lipinski definition) is 3. The summed E-state index contributed by atoms with van der Waals surface area (Å²) in [6, 6.07) is -0.554. The van der Waals surface area contributed by atoms with Gasteiger partial charge < -0.3 is 20.3 Å². The Hall–Kier alpha value is -1.40. The van der Waals surface area contributed by atoms with Gasteiger partial charge in [0.15, 0.2) is 0 Å². The molecule has 6 heteroatoms. The lowest BCUT2D eigenvalue weighted by Crippen LogP contribution is -2.45. The third-order valence-corrected chi connectivity index (χ3v) is 15.8. The summed E-state index contributed by atoms with van der Waals surface area (Å²) >= 11 is 0. The van der Waals surface area contributed by atoms with E-state index in [2.05, 4.69) is 31.3 Å². The summed E-state index contributed by atoms with van der Waals surface area (Å²) in [6.07, 6.45) is 76.6. The van der Waals surface area contributed by atoms with Crippen molar-refractivity contribution in [3.8, 4) is 0 Å². The lowest BCUT2D eigenvalue weighted by molar-refractivity contribution is -0.143. The maximum atomic E-state index is 12.5. The van der Waals surface area contributed by atoms with E-state index in [-0.39, 0.29) is 18.5 Å². The van der Waals surface area contributed by atoms with Crippen molar-refractivity contribution in [2.24, 2.45) is 0 Å². The third kappa shape index (κ3) is 59.7. The number of carbonyl (C=O) groups is 2. The van der Waals surface area contributed by atoms with Gasteiger partial charge in [0.05, 0.1) is 25.4 Å². The molecular weight excluding hydrogens is 899 g/mol. The van der Waals surface area contributed by atoms with Crippen molar-refractivity contribution < 1.29 is 24.5 Å². The zero-order chi connectivity index (χ0) is 52.9. The summed E-state index contributed by atoms with van der Waals surface area (Å²) in [5.74, 6) is -0.0503. The van der Waals surface area contributed by atoms with E-state index in [9.17, 15) is 19.8 Å². The second-order valence-electron chi connectivity index (χ2n) is 23.2. The molecule has 2 atom stereocenters. The number of carbonyl (C=O) groups excluding carboxylic acids is 2. The number of esters is 1. The van der Waals surface area contributed by atoms with Crippen LogP contribution < -0.4 is 5.32 Å². The van der Waals surface area contributed by atoms with Crippen LogP contribution in [-0.4, -0.2) is 47.4 Å². The maximum Gasteiger partial charge on any atom is 0.305 e. The van der Waals surface area contributed by atoms with Crippen molar-refractivity contribution in [3.05, 3.63) is 12.2 Å². The Kier molecular flexibility index (Phi) is 61.9. The molecule has 0 rings (SSSR count). The number of allylic oxidation sites excluding steroid dienone is 2. The first-order valence-electron chi connectivity index (χ1n) is 33.4. The molecule has 0 spiro atoms. The minimum atomic E-state index is -0.675. The highest BCUT2D eigenvalue weighted by atomic mass is 16.5. The van der Waals surface area contributed by atoms with Gasteiger partial charge in [-0.3, -0.25) is 9.59 Å². The van der Waals surface area contributed by atoms with Crippen LogP contribution in [0.25, 0.3) is 0 Å². The van der Waals surface area contributed by atoms with Crippen molar-refractivity contribution in [1.29, 1.82) is 0 Å². The van der Waals surface area contributed by atoms with Crippen LogP contribution in [0.15, 0.2) is 12.2 Å². The van der Waals surface area contributed by atoms with Crippen LogP contribution in [0.1, 0.15) is 380 Å². The van der Waals surface area contributed by atoms with Gasteiger partial charge in [-0.25, -0.2) is 0 Å². The Balaban J connectivity index is 3.44. The Labute approximate surface area is 457 Å². The van der Waals surface area contributed by atoms with E-state index in [0.29, 0.717) is 25.9 Å². The number of aliphatic hydroxyl groups excluding tert-OH is 2. The molecule has 1 amide bonds. The number of nitrogens with one attached hydrogen (secondary N) is 1. The first-order chi connectivity index (χ1) is 36.0. The number of aliphatic hydroxyl groups is 2. The quantitative estimate of drug-likeness (QED) is 0.0320. The first-order valence-corrected chi connectivity index (χ1v) is 33.4. The highest BCUT2D eigenvalue weighted by Gasteiger charge is 2.20. The maximum absolute atomic E-state index is 12.5. The fourth-order valence-electron chi connectivity index (χ4n) is 10.7. The van der Waals surface area contributed by atoms with Gasteiger partial charge in [0, 0.05) is 12.8 Å². The van der Waals surface area contributed by atoms with Gasteiger partial charge in [-0.05, 0) is 51.4 Å². The van der Waals surface area contributed by atoms with Crippen LogP contribution in [0.5, 0.6) is 0 Å². The molecule has 434 valence electrons. The molecule has 0 fully saturated rings. The predicted octanol–water partition coefficient (Wildman–Crippen LogP) is 21.2. The summed E-state index contributed by atoms with van der Waals surface area (Å²) in [4.78, 5) is 24.6. The molecule has 2 unspecified atom stereocenters. The van der Waals surface area contributed by atoms with Gasteiger partial charge in [0.2, 0.25) is 5.91 Å². The van der Waals surface area contributed by atoms with Gasteiger partial charge in [-0.2, -0.15) is 0 Å². The molecule has 0 aromatic carbocycles. The topological polar surface area (TPSA) is 95.9 Å². The van der Waals surface area contributed by atoms with Crippen LogP contribution in [0.3, 0.4) is 0 Å². The Morgan fingerprint density at radius 2 is 0.644 bits per heavy atom. The first kappa shape index (κ1) is 71.6. The van der Waals surface area contributed by atoms with Crippen LogP contribution >= 0.6 is 0 Å². The zero-order valence-electron chi connectivity index (χ0n) is 49.6. The molecule has 0 radical (unpaired) electrons. The van der Waals surface area contributed by atoms with E-state index in [1.54, 1.807) is 0 Å². The van der Waals surface area contributed by atoms with Crippen molar-refractivity contribution in [1.82, 2.24) is 5.32 Å². The third-order valence-electron chi connectivity index (χ3n) is 15.8. The molecule has 3 N–H and O–H groups in total. The molecule has 0 heterocycles. The van der Waals surface area contributed by atoms with E-state index < -0.39 is 12.1 Å². The van der Waals surface area contributed by atoms with E-state index in [0.717, 1.165) is 70.6 Å². The average molecular weight is 1030 g/mol. The molecule has 73 heavy (non-hydrogen) atoms. The van der Waals surface area contributed by atoms with Gasteiger partial charge in [0.25, 0.3) is 0 Å². The van der Waals surface area contributed by atoms with Crippen LogP contribution in [0, 0.1) is 0 Å². The minimum Gasteiger partial charge on any atom is -0.466 e. The number of hydrogen-bond acceptors (Lipinski definition) is 5. The van der Waals surface area contributed by atoms with Gasteiger partial charge in [-0.1, -0.05) is 328 Å². The van der Waals surface area contributed by atoms with Gasteiger partial charge in [0.1, 0.15) is 0 Å². The Bertz CT molecular complexity index is 1100. The van der Waals surface area contributed by atoms with Crippen molar-refractivity contribution >= 4 is 11.9 Å². The Morgan fingerprint density at radius 1 is 0.370 bits per heavy atom. The fourth-order valence-corrected chi connectivity index (χ4v) is 10.7. The highest BCUT2D eigenvalue weighted by molar-refractivity contribution is 5.76. The summed E-state index contributed by atoms with van der Waals surface area (Å²) < 4.78 is 5.48. The summed E-state index contributed by atoms with van der Waals surface area (Å²) in [5.41, 5.74) is 0. The lowest BCUT2D eigenvalue weighted by Gasteiger charge is -2.22. The lowest BCUT2D eigenvalue weighted by atomic mass is 10.0. The molecule has 0 saturated heterocycles. The van der Waals surface area contributed by atoms with Crippen LogP contribution in [0.4, 0.5) is 0 Å². The van der Waals surface area contributed by atoms with Gasteiger partial charge >= 0.3 is 5.97 Å². The molecule has 0 aliphatic carbocycles. The molecule has 0 saturated carbocycles. The number of ether oxygens (including phenoxy) is 1. The van der Waals surface area contributed by atoms with Crippen molar-refractivity contribution in [2.75, 3.05) is 13.2 Å². The van der Waals surface area contributed by atoms with Crippen LogP contribution in [0.2, 0.25) is 0 Å². The summed E-state index contributed by atoms with van der Waals surface area (Å²) in [7, 11) is 0. The molecule has 6 nitrogen and oxygen atoms in total. The smallest absolute Gasteiger partial charge is 0.305 e. The molecule has 0 aliphatic rings. The Morgan fingerprint density at radius 3 is 0.973 bits per heavy atom. The van der Waals surface area contributed by atoms with E-state index in [1.807, 2.05) is 0 Å². The second-order valence-corrected chi connectivity index (χ2v) is 23.2. The predicted molar refractivity (Wildman–Crippen MR) is 320 cm³/mol. The number of rotatable bonds is 63. The number of amides is 1. The fraction of sp³-hybridized carbons (Fsp3) is 0.940. The highest BCUT2D eigenvalue weighted by Crippen LogP contribution is 2.19. The largest absolute Gasteiger partial charge is 0.466 e. The molecule has 0 aromatic rings. The zero-order valence-corrected chi connectivity index (χ0v) is 49.6. The monoisotopic (exact) mass is 1030 g/mol. The second kappa shape index (κ2) is 63.1. The van der Waals surface area contributed by atoms with Crippen molar-refractivity contribution in [2.45, 2.75) is 392 Å². The van der Waals surface area contributed by atoms with E-state index >= 15 is 0 Å². The normalized spacial score (nSPS) is 12.5. The molecule has 0 bridgehead atoms. The average Bonchev–Trinajstić information content (AvgIpc) is 3.39. The summed E-state index contributed by atoms with van der Waals surface area (Å²) in [5, 5.41) is 23.4. The van der Waals surface area contributed by atoms with Crippen molar-refractivity contribution in [3.63, 3.8) is 0 Å². The molecule has 0 aromatic heterocycles. The number of unbranched alkanes of at least 4 members (excludes halogenated alkanes) is 50. The van der Waals surface area contributed by atoms with Gasteiger partial charge in [-0.15, -0.1) is 0 Å². The molecular formula is C67H131NO5. The summed E-state index contributed by atoms with van der Waals surface area (Å²) in [6.45, 7) is 4.96. The van der Waals surface area contributed by atoms with E-state index in [4.69, 9.17) is 4.74 Å². The minimum absolute atomic E-state index is 0.00514. The van der Waals surface area contributed by atoms with Crippen LogP contribution in [-0.2, 0) is 14.3 Å². The van der Waals surface area contributed by atoms with E-state index in [1.165, 1.54) is 276 Å². The SMILES string of the molecule is CCCCCCCCCCCCCCCCCCCCCCCCCCCC(O)C(CO)NC(=O)CCCCCCCCC/C=C\CCCCCCOC(=O)CCCCCCCCCCCCCCCCCC. The molecule has 0 aliphatic heterocycles.